The van der Waals surface area contributed by atoms with E-state index < -0.39 is 22.8 Å². The number of methoxy groups -OCH3 is 1. The van der Waals surface area contributed by atoms with E-state index in [1.165, 1.54) is 6.20 Å². The van der Waals surface area contributed by atoms with Crippen molar-refractivity contribution in [1.82, 2.24) is 4.57 Å². The molecule has 1 heterocycles. The number of carboxylic acid groups (broad SMARTS) is 1. The van der Waals surface area contributed by atoms with E-state index in [1.54, 1.807) is 35.9 Å². The largest absolute Gasteiger partial charge is 0.497 e. The van der Waals surface area contributed by atoms with Crippen LogP contribution in [0.1, 0.15) is 29.2 Å². The zero-order valence-corrected chi connectivity index (χ0v) is 15.0. The lowest BCUT2D eigenvalue weighted by atomic mass is 10.1. The van der Waals surface area contributed by atoms with Crippen LogP contribution in [0.25, 0.3) is 10.9 Å². The van der Waals surface area contributed by atoms with E-state index >= 15 is 0 Å². The molecule has 0 atom stereocenters. The number of nitrogen functional groups attached to an aromatic ring is 1. The quantitative estimate of drug-likeness (QED) is 0.582. The summed E-state index contributed by atoms with van der Waals surface area (Å²) in [5.41, 5.74) is 6.14. The number of carbonyl (C=O) groups is 1. The predicted molar refractivity (Wildman–Crippen MR) is 104 cm³/mol. The Bertz CT molecular complexity index is 1150. The van der Waals surface area contributed by atoms with Gasteiger partial charge in [0.15, 0.2) is 0 Å². The maximum atomic E-state index is 14.8. The molecule has 2 aromatic carbocycles. The van der Waals surface area contributed by atoms with Gasteiger partial charge < -0.3 is 25.5 Å². The van der Waals surface area contributed by atoms with Crippen LogP contribution in [-0.2, 0) is 0 Å². The highest BCUT2D eigenvalue weighted by Crippen LogP contribution is 2.41. The van der Waals surface area contributed by atoms with E-state index in [9.17, 15) is 19.1 Å². The fourth-order valence-corrected chi connectivity index (χ4v) is 3.26. The summed E-state index contributed by atoms with van der Waals surface area (Å²) in [6, 6.07) is 7.95. The highest BCUT2D eigenvalue weighted by atomic mass is 19.1. The number of anilines is 3. The molecule has 0 spiro atoms. The second-order valence-electron chi connectivity index (χ2n) is 6.71. The van der Waals surface area contributed by atoms with Crippen molar-refractivity contribution < 1.29 is 19.0 Å². The van der Waals surface area contributed by atoms with Crippen LogP contribution in [0.15, 0.2) is 41.3 Å². The molecular weight excluding hydrogens is 365 g/mol. The van der Waals surface area contributed by atoms with Gasteiger partial charge in [-0.3, -0.25) is 4.79 Å². The minimum Gasteiger partial charge on any atom is -0.497 e. The molecule has 3 aromatic rings. The minimum absolute atomic E-state index is 0.0366. The van der Waals surface area contributed by atoms with Gasteiger partial charge in [0, 0.05) is 17.9 Å². The zero-order chi connectivity index (χ0) is 20.0. The molecule has 0 bridgehead atoms. The number of carboxylic acids is 1. The number of nitrogens with two attached hydrogens (primary N) is 1. The number of halogens is 1. The Kier molecular flexibility index (Phi) is 4.18. The smallest absolute Gasteiger partial charge is 0.341 e. The molecule has 0 saturated heterocycles. The van der Waals surface area contributed by atoms with Gasteiger partial charge in [-0.25, -0.2) is 9.18 Å². The first-order chi connectivity index (χ1) is 13.4. The molecule has 1 aliphatic carbocycles. The number of benzene rings is 2. The third-order valence-corrected chi connectivity index (χ3v) is 4.84. The van der Waals surface area contributed by atoms with E-state index in [0.29, 0.717) is 17.0 Å². The molecule has 8 heteroatoms. The maximum absolute atomic E-state index is 14.8. The van der Waals surface area contributed by atoms with Crippen LogP contribution in [0.4, 0.5) is 21.5 Å². The molecule has 28 heavy (non-hydrogen) atoms. The predicted octanol–water partition coefficient (Wildman–Crippen LogP) is 3.51. The van der Waals surface area contributed by atoms with Crippen molar-refractivity contribution in [3.8, 4) is 5.75 Å². The molecule has 1 aromatic heterocycles. The van der Waals surface area contributed by atoms with Crippen LogP contribution in [0.3, 0.4) is 0 Å². The Hall–Kier alpha value is -3.55. The first-order valence-corrected chi connectivity index (χ1v) is 8.72. The molecule has 4 N–H and O–H groups in total. The van der Waals surface area contributed by atoms with Gasteiger partial charge in [0.1, 0.15) is 22.8 Å². The summed E-state index contributed by atoms with van der Waals surface area (Å²) in [7, 11) is 1.55. The van der Waals surface area contributed by atoms with Gasteiger partial charge in [-0.2, -0.15) is 0 Å². The summed E-state index contributed by atoms with van der Waals surface area (Å²) >= 11 is 0. The van der Waals surface area contributed by atoms with Gasteiger partial charge in [-0.15, -0.1) is 0 Å². The van der Waals surface area contributed by atoms with E-state index in [4.69, 9.17) is 10.5 Å². The van der Waals surface area contributed by atoms with Crippen molar-refractivity contribution in [3.05, 3.63) is 58.1 Å². The van der Waals surface area contributed by atoms with Gasteiger partial charge in [-0.05, 0) is 43.2 Å². The third-order valence-electron chi connectivity index (χ3n) is 4.84. The summed E-state index contributed by atoms with van der Waals surface area (Å²) in [5, 5.41) is 12.2. The van der Waals surface area contributed by atoms with Gasteiger partial charge in [0.05, 0.1) is 23.7 Å². The van der Waals surface area contributed by atoms with Crippen LogP contribution in [0.2, 0.25) is 0 Å². The van der Waals surface area contributed by atoms with Gasteiger partial charge >= 0.3 is 5.97 Å². The zero-order valence-electron chi connectivity index (χ0n) is 15.0. The topological polar surface area (TPSA) is 107 Å². The number of ether oxygens (including phenoxy) is 1. The fraction of sp³-hybridized carbons (Fsp3) is 0.200. The monoisotopic (exact) mass is 383 g/mol. The SMILES string of the molecule is COc1ccc(Nc2c(F)cc3c(=O)c(C(=O)O)cn(C4CC4)c3c2N)cc1. The van der Waals surface area contributed by atoms with E-state index in [1.807, 2.05) is 0 Å². The maximum Gasteiger partial charge on any atom is 0.341 e. The van der Waals surface area contributed by atoms with Gasteiger partial charge in [-0.1, -0.05) is 0 Å². The number of aromatic carboxylic acids is 1. The molecular formula is C20H18FN3O4. The molecule has 0 aliphatic heterocycles. The number of hydrogen-bond acceptors (Lipinski definition) is 5. The summed E-state index contributed by atoms with van der Waals surface area (Å²) in [6.45, 7) is 0. The fourth-order valence-electron chi connectivity index (χ4n) is 3.26. The Balaban J connectivity index is 1.91. The molecule has 1 fully saturated rings. The molecule has 1 aliphatic rings. The molecule has 1 saturated carbocycles. The summed E-state index contributed by atoms with van der Waals surface area (Å²) in [4.78, 5) is 24.0. The first-order valence-electron chi connectivity index (χ1n) is 8.72. The van der Waals surface area contributed by atoms with Crippen molar-refractivity contribution >= 4 is 33.9 Å². The molecule has 0 unspecified atom stereocenters. The van der Waals surface area contributed by atoms with Crippen LogP contribution < -0.4 is 21.2 Å². The highest BCUT2D eigenvalue weighted by Gasteiger charge is 2.29. The van der Waals surface area contributed by atoms with E-state index in [0.717, 1.165) is 18.9 Å². The summed E-state index contributed by atoms with van der Waals surface area (Å²) in [5.74, 6) is -1.43. The number of fused-ring (bicyclic) bond motifs is 1. The number of nitrogens with one attached hydrogen (secondary N) is 1. The second kappa shape index (κ2) is 6.56. The Labute approximate surface area is 159 Å². The normalized spacial score (nSPS) is 13.5. The van der Waals surface area contributed by atoms with Crippen molar-refractivity contribution in [2.75, 3.05) is 18.2 Å². The van der Waals surface area contributed by atoms with E-state index in [-0.39, 0.29) is 22.8 Å². The van der Waals surface area contributed by atoms with Crippen molar-refractivity contribution in [1.29, 1.82) is 0 Å². The molecule has 0 radical (unpaired) electrons. The van der Waals surface area contributed by atoms with Crippen LogP contribution >= 0.6 is 0 Å². The van der Waals surface area contributed by atoms with Crippen LogP contribution in [0.5, 0.6) is 5.75 Å². The molecule has 0 amide bonds. The Morgan fingerprint density at radius 1 is 1.32 bits per heavy atom. The number of nitrogens with zero attached hydrogens (tertiary/aromatic N) is 1. The lowest BCUT2D eigenvalue weighted by Gasteiger charge is -2.18. The Morgan fingerprint density at radius 3 is 2.57 bits per heavy atom. The average molecular weight is 383 g/mol. The lowest BCUT2D eigenvalue weighted by molar-refractivity contribution is 0.0695. The second-order valence-corrected chi connectivity index (χ2v) is 6.71. The third kappa shape index (κ3) is 2.92. The van der Waals surface area contributed by atoms with Crippen LogP contribution in [0, 0.1) is 5.82 Å². The average Bonchev–Trinajstić information content (AvgIpc) is 3.51. The summed E-state index contributed by atoms with van der Waals surface area (Å²) < 4.78 is 21.6. The number of hydrogen-bond donors (Lipinski definition) is 3. The Morgan fingerprint density at radius 2 is 2.00 bits per heavy atom. The van der Waals surface area contributed by atoms with Crippen molar-refractivity contribution in [2.24, 2.45) is 0 Å². The summed E-state index contributed by atoms with van der Waals surface area (Å²) in [6.07, 6.45) is 2.99. The molecule has 144 valence electrons. The molecule has 7 nitrogen and oxygen atoms in total. The standard InChI is InChI=1S/C20H18FN3O4/c1-28-12-6-2-10(3-7-12)23-17-15(21)8-13-18(16(17)22)24(11-4-5-11)9-14(19(13)25)20(26)27/h2-3,6-9,11,23H,4-5,22H2,1H3,(H,26,27). The number of rotatable bonds is 5. The first kappa shape index (κ1) is 17.8. The van der Waals surface area contributed by atoms with Crippen molar-refractivity contribution in [2.45, 2.75) is 18.9 Å². The number of aromatic nitrogens is 1. The van der Waals surface area contributed by atoms with Gasteiger partial charge in [0.2, 0.25) is 5.43 Å². The minimum atomic E-state index is -1.35. The van der Waals surface area contributed by atoms with E-state index in [2.05, 4.69) is 5.32 Å². The molecule has 4 rings (SSSR count). The number of pyridine rings is 1. The highest BCUT2D eigenvalue weighted by molar-refractivity contribution is 6.01. The van der Waals surface area contributed by atoms with Crippen molar-refractivity contribution in [3.63, 3.8) is 0 Å². The van der Waals surface area contributed by atoms with Crippen LogP contribution in [-0.4, -0.2) is 22.8 Å². The van der Waals surface area contributed by atoms with Gasteiger partial charge in [0.25, 0.3) is 0 Å². The lowest BCUT2D eigenvalue weighted by Crippen LogP contribution is -2.20.